The van der Waals surface area contributed by atoms with E-state index in [4.69, 9.17) is 22.8 Å². The number of pyridine rings is 1. The SMILES string of the molecule is [2H]c1c([2H])c(C(C([2H])([2H])[2H])(C([2H])([2H])[2H])C([2H])([2H])[2H])c([2H])c([2H])c1-c1ccnc(-c2[c-]c(-c3cccc4c3nc(-c3cc(C)cc(C)c3O)n4-c3cc(-c4ccccc4)cc(C([2H])(C)C)c3)cc(-c3ccccc3)c2)c1.[Pt]. The van der Waals surface area contributed by atoms with Crippen LogP contribution in [0.1, 0.15) is 81.7 Å². The van der Waals surface area contributed by atoms with Crippen molar-refractivity contribution < 1.29 is 45.4 Å². The normalized spacial score (nSPS) is 15.6. The minimum Gasteiger partial charge on any atom is -0.507 e. The molecule has 0 saturated carbocycles. The van der Waals surface area contributed by atoms with Crippen LogP contribution in [0.4, 0.5) is 0 Å². The number of imidazole rings is 1. The molecular weight excluding hydrogens is 938 g/mol. The number of aromatic hydroxyl groups is 1. The molecule has 5 heteroatoms. The largest absolute Gasteiger partial charge is 0.507 e. The van der Waals surface area contributed by atoms with E-state index in [0.717, 1.165) is 33.4 Å². The van der Waals surface area contributed by atoms with Crippen molar-refractivity contribution in [1.82, 2.24) is 14.5 Å². The molecule has 0 radical (unpaired) electrons. The zero-order chi connectivity index (χ0) is 54.3. The van der Waals surface area contributed by atoms with E-state index in [2.05, 4.69) is 17.1 Å². The number of aryl methyl sites for hydroxylation is 2. The van der Waals surface area contributed by atoms with Crippen molar-refractivity contribution in [2.24, 2.45) is 0 Å². The van der Waals surface area contributed by atoms with Crippen molar-refractivity contribution in [3.05, 3.63) is 192 Å². The maximum atomic E-state index is 11.8. The Morgan fingerprint density at radius 2 is 1.35 bits per heavy atom. The van der Waals surface area contributed by atoms with Crippen LogP contribution in [0, 0.1) is 19.9 Å². The molecule has 2 heterocycles. The van der Waals surface area contributed by atoms with Crippen LogP contribution in [-0.4, -0.2) is 19.6 Å². The Balaban J connectivity index is 0.00000765. The third-order valence-corrected chi connectivity index (χ3v) is 10.8. The third kappa shape index (κ3) is 8.33. The van der Waals surface area contributed by atoms with E-state index in [1.54, 1.807) is 0 Å². The number of hydrogen-bond acceptors (Lipinski definition) is 3. The van der Waals surface area contributed by atoms with Gasteiger partial charge in [-0.25, -0.2) is 4.98 Å². The van der Waals surface area contributed by atoms with Crippen molar-refractivity contribution in [3.63, 3.8) is 0 Å². The van der Waals surface area contributed by atoms with Crippen molar-refractivity contribution in [3.8, 4) is 78.6 Å². The summed E-state index contributed by atoms with van der Waals surface area (Å²) in [6.07, 6.45) is 1.39. The van der Waals surface area contributed by atoms with Gasteiger partial charge in [0.15, 0.2) is 0 Å². The number of phenolic OH excluding ortho intramolecular Hbond substituents is 1. The number of benzene rings is 7. The fourth-order valence-corrected chi connectivity index (χ4v) is 7.74. The van der Waals surface area contributed by atoms with Gasteiger partial charge in [-0.3, -0.25) is 9.55 Å². The summed E-state index contributed by atoms with van der Waals surface area (Å²) in [5.74, 6) is -0.481. The molecule has 310 valence electrons. The second kappa shape index (κ2) is 17.2. The van der Waals surface area contributed by atoms with Crippen LogP contribution in [-0.2, 0) is 26.5 Å². The average molecular weight is 1000 g/mol. The van der Waals surface area contributed by atoms with E-state index < -0.39 is 61.6 Å². The van der Waals surface area contributed by atoms with Gasteiger partial charge in [0.1, 0.15) is 11.6 Å². The second-order valence-corrected chi connectivity index (χ2v) is 15.5. The van der Waals surface area contributed by atoms with Gasteiger partial charge in [-0.2, -0.15) is 0 Å². The molecule has 0 unspecified atom stereocenters. The standard InChI is InChI=1S/C57H50N3O.Pt/c1-36(2)43-29-45(40-17-12-9-13-18-40)34-49(33-43)60-53-20-14-19-50(54(53)59-56(60)51-28-37(3)27-38(4)55(51)61)46-30-44(39-15-10-8-11-16-39)31-47(32-46)52-35-42(25-26-58-52)41-21-23-48(24-22-41)57(5,6)7;/h8-31,33-36,61H,1-7H3;/q-1;/i5D3,6D3,7D3,21D,22D,23D,24D,36D;. The molecule has 0 saturated heterocycles. The second-order valence-electron chi connectivity index (χ2n) is 15.5. The maximum Gasteiger partial charge on any atom is 0.148 e. The topological polar surface area (TPSA) is 50.9 Å². The number of hydrogen-bond donors (Lipinski definition) is 1. The van der Waals surface area contributed by atoms with E-state index in [1.165, 1.54) is 18.3 Å². The first kappa shape index (κ1) is 28.3. The fourth-order valence-electron chi connectivity index (χ4n) is 7.74. The van der Waals surface area contributed by atoms with Gasteiger partial charge in [0, 0.05) is 52.4 Å². The summed E-state index contributed by atoms with van der Waals surface area (Å²) in [5, 5.41) is 11.8. The molecule has 0 spiro atoms. The van der Waals surface area contributed by atoms with Crippen molar-refractivity contribution >= 4 is 11.0 Å². The fraction of sp³-hybridized carbons (Fsp3) is 0.158. The molecule has 0 aliphatic rings. The summed E-state index contributed by atoms with van der Waals surface area (Å²) in [7, 11) is 0. The number of phenols is 1. The van der Waals surface area contributed by atoms with Crippen LogP contribution >= 0.6 is 0 Å². The minimum atomic E-state index is -3.82. The van der Waals surface area contributed by atoms with Crippen molar-refractivity contribution in [2.75, 3.05) is 0 Å². The quantitative estimate of drug-likeness (QED) is 0.154. The summed E-state index contributed by atoms with van der Waals surface area (Å²) in [6.45, 7) is -4.00. The first-order valence-corrected chi connectivity index (χ1v) is 19.9. The molecule has 0 amide bonds. The molecule has 0 fully saturated rings. The number of para-hydroxylation sites is 1. The van der Waals surface area contributed by atoms with Gasteiger partial charge < -0.3 is 5.11 Å². The smallest absolute Gasteiger partial charge is 0.148 e. The summed E-state index contributed by atoms with van der Waals surface area (Å²) in [5.41, 5.74) is 4.91. The Kier molecular flexibility index (Phi) is 7.84. The van der Waals surface area contributed by atoms with E-state index in [-0.39, 0.29) is 43.6 Å². The molecule has 9 aromatic rings. The number of nitrogens with zero attached hydrogens (tertiary/aromatic N) is 3. The van der Waals surface area contributed by atoms with Gasteiger partial charge >= 0.3 is 0 Å². The van der Waals surface area contributed by atoms with Gasteiger partial charge in [-0.05, 0) is 106 Å². The number of rotatable bonds is 8. The predicted molar refractivity (Wildman–Crippen MR) is 254 cm³/mol. The molecular formula is C57H50N3OPt-. The summed E-state index contributed by atoms with van der Waals surface area (Å²) in [6, 6.07) is 41.5. The first-order chi connectivity index (χ1) is 35.1. The Bertz CT molecular complexity index is 3630. The average Bonchev–Trinajstić information content (AvgIpc) is 3.76. The zero-order valence-electron chi connectivity index (χ0n) is 48.4. The summed E-state index contributed by atoms with van der Waals surface area (Å²) >= 11 is 0. The summed E-state index contributed by atoms with van der Waals surface area (Å²) in [4.78, 5) is 10.1. The van der Waals surface area contributed by atoms with Crippen LogP contribution in [0.25, 0.3) is 83.9 Å². The summed E-state index contributed by atoms with van der Waals surface area (Å²) < 4.78 is 122. The molecule has 9 rings (SSSR count). The van der Waals surface area contributed by atoms with E-state index in [9.17, 15) is 6.48 Å². The zero-order valence-corrected chi connectivity index (χ0v) is 36.7. The van der Waals surface area contributed by atoms with Gasteiger partial charge in [-0.15, -0.1) is 23.8 Å². The van der Waals surface area contributed by atoms with Crippen LogP contribution in [0.15, 0.2) is 164 Å². The van der Waals surface area contributed by atoms with Crippen LogP contribution in [0.2, 0.25) is 0 Å². The number of fused-ring (bicyclic) bond motifs is 1. The van der Waals surface area contributed by atoms with Crippen LogP contribution in [0.5, 0.6) is 5.75 Å². The molecule has 2 aromatic heterocycles. The molecule has 62 heavy (non-hydrogen) atoms. The van der Waals surface area contributed by atoms with E-state index in [0.29, 0.717) is 50.4 Å². The van der Waals surface area contributed by atoms with E-state index >= 15 is 0 Å². The van der Waals surface area contributed by atoms with Gasteiger partial charge in [-0.1, -0.05) is 166 Å². The molecule has 1 N–H and O–H groups in total. The van der Waals surface area contributed by atoms with Crippen molar-refractivity contribution in [2.45, 2.75) is 59.6 Å². The Morgan fingerprint density at radius 1 is 0.677 bits per heavy atom. The monoisotopic (exact) mass is 1000 g/mol. The molecule has 7 aromatic carbocycles. The van der Waals surface area contributed by atoms with Crippen molar-refractivity contribution in [1.29, 1.82) is 0 Å². The van der Waals surface area contributed by atoms with E-state index in [1.807, 2.05) is 148 Å². The molecule has 0 bridgehead atoms. The van der Waals surface area contributed by atoms with Crippen LogP contribution < -0.4 is 0 Å². The minimum absolute atomic E-state index is 0. The Labute approximate surface area is 400 Å². The number of aromatic nitrogens is 3. The van der Waals surface area contributed by atoms with Gasteiger partial charge in [0.05, 0.1) is 22.1 Å². The first-order valence-electron chi connectivity index (χ1n) is 26.9. The maximum absolute atomic E-state index is 11.8. The third-order valence-electron chi connectivity index (χ3n) is 10.8. The molecule has 0 aliphatic heterocycles. The molecule has 0 aliphatic carbocycles. The van der Waals surface area contributed by atoms with Crippen LogP contribution in [0.3, 0.4) is 0 Å². The predicted octanol–water partition coefficient (Wildman–Crippen LogP) is 15.0. The molecule has 0 atom stereocenters. The van der Waals surface area contributed by atoms with Gasteiger partial charge in [0.25, 0.3) is 0 Å². The Morgan fingerprint density at radius 3 is 2.03 bits per heavy atom. The molecule has 4 nitrogen and oxygen atoms in total. The van der Waals surface area contributed by atoms with Gasteiger partial charge in [0.2, 0.25) is 0 Å². The Hall–Kier alpha value is -6.35.